The maximum atomic E-state index is 12.7. The van der Waals surface area contributed by atoms with Crippen LogP contribution in [0.4, 0.5) is 5.82 Å². The van der Waals surface area contributed by atoms with Gasteiger partial charge in [0.25, 0.3) is 5.56 Å². The lowest BCUT2D eigenvalue weighted by Crippen LogP contribution is -2.33. The molecule has 2 aromatic heterocycles. The molecule has 0 saturated carbocycles. The van der Waals surface area contributed by atoms with E-state index in [4.69, 9.17) is 27.9 Å². The van der Waals surface area contributed by atoms with E-state index < -0.39 is 5.56 Å². The van der Waals surface area contributed by atoms with E-state index in [0.29, 0.717) is 38.0 Å². The van der Waals surface area contributed by atoms with Gasteiger partial charge >= 0.3 is 0 Å². The van der Waals surface area contributed by atoms with Crippen molar-refractivity contribution in [2.24, 2.45) is 0 Å². The Hall–Kier alpha value is -4.73. The number of aromatic nitrogens is 3. The van der Waals surface area contributed by atoms with Crippen LogP contribution in [-0.2, 0) is 0 Å². The Morgan fingerprint density at radius 1 is 1.09 bits per heavy atom. The van der Waals surface area contributed by atoms with Crippen molar-refractivity contribution in [1.29, 1.82) is 10.5 Å². The lowest BCUT2D eigenvalue weighted by molar-refractivity contribution is 0.415. The van der Waals surface area contributed by atoms with Crippen molar-refractivity contribution < 1.29 is 4.74 Å². The first kappa shape index (κ1) is 21.5. The van der Waals surface area contributed by atoms with Crippen LogP contribution in [-0.4, -0.2) is 21.6 Å². The Balaban J connectivity index is 2.10. The Morgan fingerprint density at radius 2 is 1.79 bits per heavy atom. The molecule has 0 atom stereocenters. The van der Waals surface area contributed by atoms with E-state index in [2.05, 4.69) is 5.10 Å². The SMILES string of the molecule is COc1ccc(-c2nn(-c3cccc(Cl)c3)cc2-c2c(C#N)c(N)n(N)c(=O)c2C#N)cc1. The number of benzene rings is 2. The summed E-state index contributed by atoms with van der Waals surface area (Å²) in [5.41, 5.74) is 6.86. The first-order valence-corrected chi connectivity index (χ1v) is 9.91. The second kappa shape index (κ2) is 8.42. The Bertz CT molecular complexity index is 1520. The van der Waals surface area contributed by atoms with Crippen LogP contribution in [0.25, 0.3) is 28.1 Å². The molecule has 0 fully saturated rings. The van der Waals surface area contributed by atoms with Gasteiger partial charge < -0.3 is 16.3 Å². The van der Waals surface area contributed by atoms with Crippen molar-refractivity contribution >= 4 is 17.4 Å². The second-order valence-electron chi connectivity index (χ2n) is 6.95. The molecule has 0 aliphatic heterocycles. The number of nitrogens with two attached hydrogens (primary N) is 2. The minimum absolute atomic E-state index is 0.0586. The fraction of sp³-hybridized carbons (Fsp3) is 0.0435. The van der Waals surface area contributed by atoms with Crippen molar-refractivity contribution in [2.45, 2.75) is 0 Å². The molecule has 0 unspecified atom stereocenters. The van der Waals surface area contributed by atoms with Crippen molar-refractivity contribution in [1.82, 2.24) is 14.5 Å². The third-order valence-corrected chi connectivity index (χ3v) is 5.33. The Labute approximate surface area is 193 Å². The van der Waals surface area contributed by atoms with Crippen LogP contribution < -0.4 is 21.9 Å². The van der Waals surface area contributed by atoms with Crippen LogP contribution >= 0.6 is 11.6 Å². The molecule has 4 N–H and O–H groups in total. The maximum Gasteiger partial charge on any atom is 0.289 e. The van der Waals surface area contributed by atoms with Crippen molar-refractivity contribution in [3.63, 3.8) is 0 Å². The van der Waals surface area contributed by atoms with Crippen LogP contribution in [0.1, 0.15) is 11.1 Å². The van der Waals surface area contributed by atoms with E-state index >= 15 is 0 Å². The van der Waals surface area contributed by atoms with E-state index in [1.165, 1.54) is 0 Å². The summed E-state index contributed by atoms with van der Waals surface area (Å²) in [5.74, 6) is 6.09. The van der Waals surface area contributed by atoms with Gasteiger partial charge in [-0.2, -0.15) is 15.6 Å². The van der Waals surface area contributed by atoms with Gasteiger partial charge in [-0.25, -0.2) is 9.36 Å². The first-order chi connectivity index (χ1) is 15.9. The van der Waals surface area contributed by atoms with Gasteiger partial charge in [-0.15, -0.1) is 0 Å². The Kier molecular flexibility index (Phi) is 5.49. The molecular formula is C23H16ClN7O2. The molecule has 0 saturated heterocycles. The molecule has 4 aromatic rings. The van der Waals surface area contributed by atoms with Gasteiger partial charge in [0, 0.05) is 27.9 Å². The standard InChI is InChI=1S/C23H16ClN7O2/c1-33-16-7-5-13(6-8-16)21-19(12-30(29-21)15-4-2-3-14(24)9-15)20-17(10-25)22(27)31(28)23(32)18(20)11-26/h2-9,12H,27-28H2,1H3. The summed E-state index contributed by atoms with van der Waals surface area (Å²) in [6, 6.07) is 17.9. The Morgan fingerprint density at radius 3 is 2.39 bits per heavy atom. The van der Waals surface area contributed by atoms with Crippen molar-refractivity contribution in [3.05, 3.63) is 81.2 Å². The van der Waals surface area contributed by atoms with Crippen molar-refractivity contribution in [2.75, 3.05) is 18.7 Å². The summed E-state index contributed by atoms with van der Waals surface area (Å²) in [4.78, 5) is 12.7. The van der Waals surface area contributed by atoms with Crippen LogP contribution in [0.2, 0.25) is 5.02 Å². The number of anilines is 1. The maximum absolute atomic E-state index is 12.7. The number of nitrogen functional groups attached to an aromatic ring is 2. The van der Waals surface area contributed by atoms with E-state index in [-0.39, 0.29) is 22.5 Å². The fourth-order valence-corrected chi connectivity index (χ4v) is 3.65. The largest absolute Gasteiger partial charge is 0.497 e. The highest BCUT2D eigenvalue weighted by Crippen LogP contribution is 2.37. The molecule has 162 valence electrons. The molecule has 0 bridgehead atoms. The number of methoxy groups -OCH3 is 1. The lowest BCUT2D eigenvalue weighted by atomic mass is 9.94. The summed E-state index contributed by atoms with van der Waals surface area (Å²) < 4.78 is 7.37. The minimum Gasteiger partial charge on any atom is -0.497 e. The predicted octanol–water partition coefficient (Wildman–Crippen LogP) is 3.07. The summed E-state index contributed by atoms with van der Waals surface area (Å²) in [6.45, 7) is 0. The quantitative estimate of drug-likeness (QED) is 0.447. The smallest absolute Gasteiger partial charge is 0.289 e. The third-order valence-electron chi connectivity index (χ3n) is 5.09. The van der Waals surface area contributed by atoms with Gasteiger partial charge in [0.1, 0.15) is 40.5 Å². The van der Waals surface area contributed by atoms with Crippen molar-refractivity contribution in [3.8, 4) is 46.0 Å². The molecule has 33 heavy (non-hydrogen) atoms. The summed E-state index contributed by atoms with van der Waals surface area (Å²) in [6.07, 6.45) is 1.61. The van der Waals surface area contributed by atoms with Crippen LogP contribution in [0.3, 0.4) is 0 Å². The zero-order valence-corrected chi connectivity index (χ0v) is 18.0. The molecule has 0 spiro atoms. The number of nitriles is 2. The second-order valence-corrected chi connectivity index (χ2v) is 7.39. The molecule has 2 aromatic carbocycles. The number of nitrogens with zero attached hydrogens (tertiary/aromatic N) is 5. The zero-order valence-electron chi connectivity index (χ0n) is 17.3. The zero-order chi connectivity index (χ0) is 23.7. The highest BCUT2D eigenvalue weighted by molar-refractivity contribution is 6.30. The third kappa shape index (κ3) is 3.63. The lowest BCUT2D eigenvalue weighted by Gasteiger charge is -2.12. The van der Waals surface area contributed by atoms with Gasteiger partial charge in [-0.3, -0.25) is 4.79 Å². The molecule has 9 nitrogen and oxygen atoms in total. The van der Waals surface area contributed by atoms with E-state index in [1.807, 2.05) is 12.1 Å². The number of pyridine rings is 1. The molecule has 4 rings (SSSR count). The highest BCUT2D eigenvalue weighted by atomic mass is 35.5. The number of hydrogen-bond donors (Lipinski definition) is 2. The molecule has 0 aliphatic rings. The van der Waals surface area contributed by atoms with E-state index in [0.717, 1.165) is 0 Å². The van der Waals surface area contributed by atoms with Gasteiger partial charge in [0.2, 0.25) is 0 Å². The van der Waals surface area contributed by atoms with Gasteiger partial charge in [-0.1, -0.05) is 17.7 Å². The highest BCUT2D eigenvalue weighted by Gasteiger charge is 2.25. The average Bonchev–Trinajstić information content (AvgIpc) is 3.27. The molecular weight excluding hydrogens is 442 g/mol. The van der Waals surface area contributed by atoms with E-state index in [9.17, 15) is 15.3 Å². The molecule has 2 heterocycles. The summed E-state index contributed by atoms with van der Waals surface area (Å²) in [7, 11) is 1.55. The molecule has 10 heteroatoms. The van der Waals surface area contributed by atoms with E-state index in [1.54, 1.807) is 66.5 Å². The average molecular weight is 458 g/mol. The topological polar surface area (TPSA) is 149 Å². The molecule has 0 aliphatic carbocycles. The number of halogens is 1. The van der Waals surface area contributed by atoms with Crippen LogP contribution in [0, 0.1) is 22.7 Å². The van der Waals surface area contributed by atoms with Gasteiger partial charge in [0.15, 0.2) is 0 Å². The summed E-state index contributed by atoms with van der Waals surface area (Å²) >= 11 is 6.15. The first-order valence-electron chi connectivity index (χ1n) is 9.53. The normalized spacial score (nSPS) is 10.4. The monoisotopic (exact) mass is 457 g/mol. The molecule has 0 radical (unpaired) electrons. The number of rotatable bonds is 4. The minimum atomic E-state index is -0.819. The predicted molar refractivity (Wildman–Crippen MR) is 124 cm³/mol. The summed E-state index contributed by atoms with van der Waals surface area (Å²) in [5, 5.41) is 24.7. The molecule has 0 amide bonds. The fourth-order valence-electron chi connectivity index (χ4n) is 3.47. The van der Waals surface area contributed by atoms with Gasteiger partial charge in [-0.05, 0) is 42.5 Å². The number of hydrogen-bond acceptors (Lipinski definition) is 7. The number of ether oxygens (including phenoxy) is 1. The van der Waals surface area contributed by atoms with Gasteiger partial charge in [0.05, 0.1) is 12.8 Å². The van der Waals surface area contributed by atoms with Crippen LogP contribution in [0.15, 0.2) is 59.5 Å². The van der Waals surface area contributed by atoms with Crippen LogP contribution in [0.5, 0.6) is 5.75 Å².